The second-order valence-corrected chi connectivity index (χ2v) is 5.16. The van der Waals surface area contributed by atoms with Crippen molar-refractivity contribution in [1.29, 1.82) is 0 Å². The van der Waals surface area contributed by atoms with Gasteiger partial charge < -0.3 is 10.6 Å². The average molecular weight is 202 g/mol. The first-order valence-electron chi connectivity index (χ1n) is 5.38. The van der Waals surface area contributed by atoms with Gasteiger partial charge in [0, 0.05) is 24.4 Å². The maximum atomic E-state index is 3.58. The van der Waals surface area contributed by atoms with Crippen molar-refractivity contribution in [3.8, 4) is 0 Å². The Bertz CT molecular complexity index is 124. The second kappa shape index (κ2) is 6.68. The molecule has 2 nitrogen and oxygen atoms in total. The Morgan fingerprint density at radius 1 is 1.54 bits per heavy atom. The van der Waals surface area contributed by atoms with Crippen LogP contribution in [0.25, 0.3) is 0 Å². The van der Waals surface area contributed by atoms with Crippen molar-refractivity contribution in [2.24, 2.45) is 0 Å². The molecule has 1 heterocycles. The smallest absolute Gasteiger partial charge is 0.0172 e. The summed E-state index contributed by atoms with van der Waals surface area (Å²) in [5.74, 6) is 1.37. The van der Waals surface area contributed by atoms with Crippen molar-refractivity contribution in [3.63, 3.8) is 0 Å². The first kappa shape index (κ1) is 11.3. The third-order valence-corrected chi connectivity index (χ3v) is 3.82. The van der Waals surface area contributed by atoms with Gasteiger partial charge in [-0.05, 0) is 32.1 Å². The predicted molar refractivity (Wildman–Crippen MR) is 61.5 cm³/mol. The van der Waals surface area contributed by atoms with Gasteiger partial charge in [0.2, 0.25) is 0 Å². The summed E-state index contributed by atoms with van der Waals surface area (Å²) in [6, 6.07) is 0.612. The summed E-state index contributed by atoms with van der Waals surface area (Å²) in [4.78, 5) is 0. The van der Waals surface area contributed by atoms with Crippen LogP contribution in [-0.2, 0) is 0 Å². The molecule has 0 aromatic rings. The van der Waals surface area contributed by atoms with Crippen LogP contribution in [0.5, 0.6) is 0 Å². The van der Waals surface area contributed by atoms with Crippen LogP contribution in [0, 0.1) is 0 Å². The van der Waals surface area contributed by atoms with Gasteiger partial charge in [-0.25, -0.2) is 0 Å². The topological polar surface area (TPSA) is 24.1 Å². The van der Waals surface area contributed by atoms with Crippen molar-refractivity contribution in [3.05, 3.63) is 0 Å². The molecule has 0 spiro atoms. The molecule has 1 aliphatic heterocycles. The van der Waals surface area contributed by atoms with E-state index < -0.39 is 0 Å². The zero-order valence-electron chi connectivity index (χ0n) is 8.81. The molecule has 2 atom stereocenters. The van der Waals surface area contributed by atoms with Crippen LogP contribution in [0.15, 0.2) is 0 Å². The highest BCUT2D eigenvalue weighted by Crippen LogP contribution is 2.25. The first-order chi connectivity index (χ1) is 6.33. The standard InChI is InChI=1S/C10H22N2S/c1-3-11-7-9(2)12-8-10-5-4-6-13-10/h9-12H,3-8H2,1-2H3. The first-order valence-corrected chi connectivity index (χ1v) is 6.43. The Morgan fingerprint density at radius 3 is 3.00 bits per heavy atom. The predicted octanol–water partition coefficient (Wildman–Crippen LogP) is 1.47. The van der Waals surface area contributed by atoms with Crippen molar-refractivity contribution in [1.82, 2.24) is 10.6 Å². The molecule has 0 aliphatic carbocycles. The molecule has 78 valence electrons. The molecule has 1 aliphatic rings. The highest BCUT2D eigenvalue weighted by Gasteiger charge is 2.15. The molecule has 1 fully saturated rings. The molecule has 13 heavy (non-hydrogen) atoms. The quantitative estimate of drug-likeness (QED) is 0.682. The lowest BCUT2D eigenvalue weighted by Gasteiger charge is -2.16. The van der Waals surface area contributed by atoms with Gasteiger partial charge in [-0.2, -0.15) is 11.8 Å². The summed E-state index contributed by atoms with van der Waals surface area (Å²) in [6.07, 6.45) is 2.82. The third kappa shape index (κ3) is 4.89. The largest absolute Gasteiger partial charge is 0.315 e. The molecule has 0 bridgehead atoms. The molecule has 0 radical (unpaired) electrons. The Hall–Kier alpha value is 0.270. The van der Waals surface area contributed by atoms with Gasteiger partial charge in [0.05, 0.1) is 0 Å². The van der Waals surface area contributed by atoms with Crippen molar-refractivity contribution < 1.29 is 0 Å². The minimum atomic E-state index is 0.612. The Kier molecular flexibility index (Phi) is 5.83. The number of hydrogen-bond acceptors (Lipinski definition) is 3. The lowest BCUT2D eigenvalue weighted by atomic mass is 10.2. The van der Waals surface area contributed by atoms with Crippen molar-refractivity contribution >= 4 is 11.8 Å². The monoisotopic (exact) mass is 202 g/mol. The maximum absolute atomic E-state index is 3.58. The minimum Gasteiger partial charge on any atom is -0.315 e. The molecule has 2 unspecified atom stereocenters. The second-order valence-electron chi connectivity index (χ2n) is 3.75. The molecule has 1 rings (SSSR count). The van der Waals surface area contributed by atoms with E-state index in [4.69, 9.17) is 0 Å². The van der Waals surface area contributed by atoms with Gasteiger partial charge in [0.15, 0.2) is 0 Å². The van der Waals surface area contributed by atoms with Gasteiger partial charge >= 0.3 is 0 Å². The normalized spacial score (nSPS) is 24.9. The lowest BCUT2D eigenvalue weighted by molar-refractivity contribution is 0.504. The van der Waals surface area contributed by atoms with E-state index in [1.165, 1.54) is 25.1 Å². The summed E-state index contributed by atoms with van der Waals surface area (Å²) in [5, 5.41) is 7.81. The fraction of sp³-hybridized carbons (Fsp3) is 1.00. The number of thioether (sulfide) groups is 1. The highest BCUT2D eigenvalue weighted by molar-refractivity contribution is 8.00. The highest BCUT2D eigenvalue weighted by atomic mass is 32.2. The van der Waals surface area contributed by atoms with E-state index in [9.17, 15) is 0 Å². The maximum Gasteiger partial charge on any atom is 0.0172 e. The van der Waals surface area contributed by atoms with E-state index in [1.807, 2.05) is 0 Å². The van der Waals surface area contributed by atoms with Gasteiger partial charge in [-0.15, -0.1) is 0 Å². The van der Waals surface area contributed by atoms with Crippen molar-refractivity contribution in [2.75, 3.05) is 25.4 Å². The molecular weight excluding hydrogens is 180 g/mol. The summed E-state index contributed by atoms with van der Waals surface area (Å²) >= 11 is 2.13. The van der Waals surface area contributed by atoms with E-state index in [1.54, 1.807) is 0 Å². The zero-order valence-corrected chi connectivity index (χ0v) is 9.62. The van der Waals surface area contributed by atoms with Crippen LogP contribution >= 0.6 is 11.8 Å². The van der Waals surface area contributed by atoms with E-state index in [0.29, 0.717) is 6.04 Å². The van der Waals surface area contributed by atoms with Crippen LogP contribution in [0.2, 0.25) is 0 Å². The molecule has 3 heteroatoms. The fourth-order valence-corrected chi connectivity index (χ4v) is 2.79. The molecule has 0 saturated carbocycles. The third-order valence-electron chi connectivity index (χ3n) is 2.42. The lowest BCUT2D eigenvalue weighted by Crippen LogP contribution is -2.39. The van der Waals surface area contributed by atoms with Crippen LogP contribution < -0.4 is 10.6 Å². The van der Waals surface area contributed by atoms with Gasteiger partial charge in [-0.1, -0.05) is 6.92 Å². The molecule has 1 saturated heterocycles. The van der Waals surface area contributed by atoms with Crippen LogP contribution in [-0.4, -0.2) is 36.7 Å². The summed E-state index contributed by atoms with van der Waals surface area (Å²) < 4.78 is 0. The van der Waals surface area contributed by atoms with Crippen LogP contribution in [0.4, 0.5) is 0 Å². The fourth-order valence-electron chi connectivity index (χ4n) is 1.57. The minimum absolute atomic E-state index is 0.612. The molecule has 0 amide bonds. The molecular formula is C10H22N2S. The van der Waals surface area contributed by atoms with E-state index in [2.05, 4.69) is 36.2 Å². The van der Waals surface area contributed by atoms with Gasteiger partial charge in [-0.3, -0.25) is 0 Å². The van der Waals surface area contributed by atoms with E-state index in [-0.39, 0.29) is 0 Å². The van der Waals surface area contributed by atoms with Crippen LogP contribution in [0.3, 0.4) is 0 Å². The molecule has 2 N–H and O–H groups in total. The Labute approximate surface area is 86.2 Å². The number of hydrogen-bond donors (Lipinski definition) is 2. The zero-order chi connectivity index (χ0) is 9.52. The SMILES string of the molecule is CCNCC(C)NCC1CCCS1. The number of likely N-dealkylation sites (N-methyl/N-ethyl adjacent to an activating group) is 1. The number of nitrogens with one attached hydrogen (secondary N) is 2. The van der Waals surface area contributed by atoms with Crippen molar-refractivity contribution in [2.45, 2.75) is 38.0 Å². The molecule has 0 aromatic carbocycles. The summed E-state index contributed by atoms with van der Waals surface area (Å²) in [5.41, 5.74) is 0. The van der Waals surface area contributed by atoms with E-state index in [0.717, 1.165) is 18.3 Å². The Morgan fingerprint density at radius 2 is 2.38 bits per heavy atom. The Balaban J connectivity index is 1.97. The van der Waals surface area contributed by atoms with Gasteiger partial charge in [0.1, 0.15) is 0 Å². The van der Waals surface area contributed by atoms with Crippen LogP contribution in [0.1, 0.15) is 26.7 Å². The summed E-state index contributed by atoms with van der Waals surface area (Å²) in [6.45, 7) is 7.76. The number of rotatable bonds is 6. The molecule has 0 aromatic heterocycles. The van der Waals surface area contributed by atoms with Gasteiger partial charge in [0.25, 0.3) is 0 Å². The average Bonchev–Trinajstić information content (AvgIpc) is 2.64. The van der Waals surface area contributed by atoms with E-state index >= 15 is 0 Å². The summed E-state index contributed by atoms with van der Waals surface area (Å²) in [7, 11) is 0.